The van der Waals surface area contributed by atoms with E-state index in [1.54, 1.807) is 46.7 Å². The van der Waals surface area contributed by atoms with Gasteiger partial charge in [0, 0.05) is 22.6 Å². The molecule has 6 heterocycles. The first kappa shape index (κ1) is 38.5. The van der Waals surface area contributed by atoms with Gasteiger partial charge in [0.25, 0.3) is 0 Å². The molecule has 1 amide bonds. The number of carboxylic acids is 2. The molecule has 1 saturated heterocycles. The number of aryl methyl sites for hydroxylation is 1. The van der Waals surface area contributed by atoms with E-state index < -0.39 is 30.3 Å². The van der Waals surface area contributed by atoms with E-state index in [0.717, 1.165) is 16.9 Å². The van der Waals surface area contributed by atoms with Crippen molar-refractivity contribution in [3.63, 3.8) is 0 Å². The van der Waals surface area contributed by atoms with Gasteiger partial charge >= 0.3 is 11.9 Å². The molecule has 4 atom stereocenters. The number of aromatic carboxylic acids is 2. The summed E-state index contributed by atoms with van der Waals surface area (Å²) in [7, 11) is 0. The predicted octanol–water partition coefficient (Wildman–Crippen LogP) is 7.40. The number of pyridine rings is 1. The van der Waals surface area contributed by atoms with Crippen LogP contribution in [0.3, 0.4) is 0 Å². The lowest BCUT2D eigenvalue weighted by molar-refractivity contribution is -0.141. The number of para-hydroxylation sites is 1. The van der Waals surface area contributed by atoms with Crippen LogP contribution >= 0.6 is 34.0 Å². The van der Waals surface area contributed by atoms with Gasteiger partial charge in [-0.1, -0.05) is 37.3 Å². The number of rotatable bonds is 12. The number of likely N-dealkylation sites (tertiary alicyclic amines) is 1. The first-order valence-corrected chi connectivity index (χ1v) is 20.5. The smallest absolute Gasteiger partial charge is 0.358 e. The standard InChI is InChI=1S/C40H33N7O8S3/c1-19-14-30(55-23-6-4-3-5-7-23)47(38(49)25(41)15-21-8-10-22(48)11-9-21)33(19)37-44-28(17-58-37)36-43-27(16-56-36)32-24(34-46-31(40(52)53)20(2)54-34)12-13-26(42-32)35-45-29(18-57-35)39(50)51/h3-13,16-19,25,30,33,48H,14-15,41H2,1-2H3,(H,50,51)(H,52,53). The Kier molecular flexibility index (Phi) is 10.6. The molecule has 5 N–H and O–H groups in total. The summed E-state index contributed by atoms with van der Waals surface area (Å²) in [5.41, 5.74) is 9.08. The highest BCUT2D eigenvalue weighted by atomic mass is 32.1. The van der Waals surface area contributed by atoms with Crippen LogP contribution in [0.2, 0.25) is 0 Å². The summed E-state index contributed by atoms with van der Waals surface area (Å²) in [6.07, 6.45) is 0.182. The molecule has 0 bridgehead atoms. The molecule has 15 nitrogen and oxygen atoms in total. The monoisotopic (exact) mass is 835 g/mol. The molecule has 58 heavy (non-hydrogen) atoms. The van der Waals surface area contributed by atoms with Gasteiger partial charge in [-0.05, 0) is 61.2 Å². The Morgan fingerprint density at radius 1 is 0.862 bits per heavy atom. The van der Waals surface area contributed by atoms with Crippen LogP contribution in [0.15, 0.2) is 87.3 Å². The van der Waals surface area contributed by atoms with E-state index in [1.807, 2.05) is 35.7 Å². The number of hydrogen-bond donors (Lipinski definition) is 4. The van der Waals surface area contributed by atoms with Crippen LogP contribution in [0.25, 0.3) is 44.2 Å². The topological polar surface area (TPSA) is 228 Å². The molecule has 294 valence electrons. The summed E-state index contributed by atoms with van der Waals surface area (Å²) in [6, 6.07) is 17.8. The summed E-state index contributed by atoms with van der Waals surface area (Å²) < 4.78 is 12.2. The number of nitrogens with two attached hydrogens (primary N) is 1. The Morgan fingerprint density at radius 2 is 1.59 bits per heavy atom. The Balaban J connectivity index is 1.13. The molecule has 4 unspecified atom stereocenters. The first-order chi connectivity index (χ1) is 27.9. The van der Waals surface area contributed by atoms with Gasteiger partial charge in [0.1, 0.15) is 49.4 Å². The lowest BCUT2D eigenvalue weighted by atomic mass is 10.0. The molecular formula is C40H33N7O8S3. The van der Waals surface area contributed by atoms with Crippen molar-refractivity contribution in [3.8, 4) is 55.7 Å². The summed E-state index contributed by atoms with van der Waals surface area (Å²) in [4.78, 5) is 62.5. The van der Waals surface area contributed by atoms with Gasteiger partial charge in [0.2, 0.25) is 11.8 Å². The van der Waals surface area contributed by atoms with Gasteiger partial charge in [-0.15, -0.1) is 34.0 Å². The van der Waals surface area contributed by atoms with E-state index in [0.29, 0.717) is 55.5 Å². The maximum atomic E-state index is 14.3. The number of carboxylic acid groups (broad SMARTS) is 2. The van der Waals surface area contributed by atoms with Gasteiger partial charge < -0.3 is 30.2 Å². The van der Waals surface area contributed by atoms with Gasteiger partial charge in [-0.2, -0.15) is 0 Å². The van der Waals surface area contributed by atoms with Crippen molar-refractivity contribution < 1.29 is 38.9 Å². The second-order valence-electron chi connectivity index (χ2n) is 13.5. The lowest BCUT2D eigenvalue weighted by Gasteiger charge is -2.32. The van der Waals surface area contributed by atoms with E-state index in [9.17, 15) is 29.7 Å². The molecular weight excluding hydrogens is 803 g/mol. The first-order valence-electron chi connectivity index (χ1n) is 17.8. The Bertz CT molecular complexity index is 2640. The predicted molar refractivity (Wildman–Crippen MR) is 216 cm³/mol. The number of carbonyl (C=O) groups excluding carboxylic acids is 1. The van der Waals surface area contributed by atoms with Crippen molar-refractivity contribution in [2.45, 2.75) is 45.0 Å². The normalized spacial score (nSPS) is 17.0. The number of aromatic hydroxyl groups is 1. The van der Waals surface area contributed by atoms with Gasteiger partial charge in [-0.3, -0.25) is 9.69 Å². The zero-order valence-electron chi connectivity index (χ0n) is 30.7. The molecule has 1 aliphatic heterocycles. The number of benzene rings is 2. The molecule has 18 heteroatoms. The zero-order valence-corrected chi connectivity index (χ0v) is 33.1. The van der Waals surface area contributed by atoms with Gasteiger partial charge in [0.05, 0.1) is 23.3 Å². The van der Waals surface area contributed by atoms with Crippen molar-refractivity contribution in [2.24, 2.45) is 11.7 Å². The van der Waals surface area contributed by atoms with Crippen LogP contribution in [0.5, 0.6) is 11.5 Å². The van der Waals surface area contributed by atoms with Crippen LogP contribution in [0.4, 0.5) is 0 Å². The quantitative estimate of drug-likeness (QED) is 0.0940. The third kappa shape index (κ3) is 7.69. The summed E-state index contributed by atoms with van der Waals surface area (Å²) in [5, 5.41) is 35.5. The average Bonchev–Trinajstić information content (AvgIpc) is 4.06. The number of phenols is 1. The molecule has 0 spiro atoms. The van der Waals surface area contributed by atoms with Crippen LogP contribution < -0.4 is 10.5 Å². The van der Waals surface area contributed by atoms with E-state index in [1.165, 1.54) is 35.0 Å². The van der Waals surface area contributed by atoms with Crippen molar-refractivity contribution in [3.05, 3.63) is 111 Å². The number of ether oxygens (including phenoxy) is 1. The number of oxazole rings is 1. The third-order valence-electron chi connectivity index (χ3n) is 9.51. The average molecular weight is 836 g/mol. The largest absolute Gasteiger partial charge is 0.508 e. The number of amides is 1. The SMILES string of the molecule is Cc1oc(-c2ccc(-c3nc(C(=O)O)cs3)nc2-c2csc(-c3csc(C4C(C)CC(Oc5ccccc5)N4C(=O)C(N)Cc4ccc(O)cc4)n3)n2)nc1C(=O)O. The molecule has 0 aliphatic carbocycles. The molecule has 8 rings (SSSR count). The second-order valence-corrected chi connectivity index (χ2v) is 16.1. The van der Waals surface area contributed by atoms with E-state index in [4.69, 9.17) is 29.8 Å². The summed E-state index contributed by atoms with van der Waals surface area (Å²) in [5.74, 6) is -1.88. The fourth-order valence-electron chi connectivity index (χ4n) is 6.75. The van der Waals surface area contributed by atoms with Crippen LogP contribution in [-0.2, 0) is 11.2 Å². The van der Waals surface area contributed by atoms with E-state index in [-0.39, 0.29) is 47.0 Å². The summed E-state index contributed by atoms with van der Waals surface area (Å²) in [6.45, 7) is 3.56. The Morgan fingerprint density at radius 3 is 2.29 bits per heavy atom. The zero-order chi connectivity index (χ0) is 40.7. The Labute approximate surface area is 342 Å². The molecule has 0 saturated carbocycles. The van der Waals surface area contributed by atoms with Crippen LogP contribution in [-0.4, -0.2) is 75.3 Å². The molecule has 1 fully saturated rings. The number of carbonyl (C=O) groups is 3. The van der Waals surface area contributed by atoms with Gasteiger partial charge in [0.15, 0.2) is 17.6 Å². The van der Waals surface area contributed by atoms with Crippen molar-refractivity contribution in [2.75, 3.05) is 0 Å². The number of hydrogen-bond acceptors (Lipinski definition) is 15. The molecule has 7 aromatic rings. The fraction of sp³-hybridized carbons (Fsp3) is 0.200. The third-order valence-corrected chi connectivity index (χ3v) is 12.2. The second kappa shape index (κ2) is 15.9. The number of nitrogens with zero attached hydrogens (tertiary/aromatic N) is 6. The van der Waals surface area contributed by atoms with Crippen molar-refractivity contribution in [1.82, 2.24) is 29.8 Å². The van der Waals surface area contributed by atoms with E-state index >= 15 is 0 Å². The van der Waals surface area contributed by atoms with E-state index in [2.05, 4.69) is 16.9 Å². The van der Waals surface area contributed by atoms with Crippen LogP contribution in [0, 0.1) is 12.8 Å². The minimum Gasteiger partial charge on any atom is -0.508 e. The molecule has 1 aliphatic rings. The highest BCUT2D eigenvalue weighted by molar-refractivity contribution is 7.14. The van der Waals surface area contributed by atoms with Crippen molar-refractivity contribution >= 4 is 51.9 Å². The summed E-state index contributed by atoms with van der Waals surface area (Å²) >= 11 is 3.82. The van der Waals surface area contributed by atoms with Crippen LogP contribution in [0.1, 0.15) is 56.7 Å². The van der Waals surface area contributed by atoms with Gasteiger partial charge in [-0.25, -0.2) is 34.5 Å². The Hall–Kier alpha value is -6.34. The number of phenolic OH excluding ortho intramolecular Hbond substituents is 1. The fourth-order valence-corrected chi connectivity index (χ4v) is 9.38. The molecule has 2 aromatic carbocycles. The molecule has 0 radical (unpaired) electrons. The molecule has 5 aromatic heterocycles. The minimum absolute atomic E-state index is 0.0238. The maximum absolute atomic E-state index is 14.3. The highest BCUT2D eigenvalue weighted by Gasteiger charge is 2.46. The number of aromatic nitrogens is 5. The van der Waals surface area contributed by atoms with Crippen molar-refractivity contribution in [1.29, 1.82) is 0 Å². The number of thiazole rings is 3. The lowest BCUT2D eigenvalue weighted by Crippen LogP contribution is -2.49. The minimum atomic E-state index is -1.24. The highest BCUT2D eigenvalue weighted by Crippen LogP contribution is 2.44. The maximum Gasteiger partial charge on any atom is 0.358 e.